The standard InChI is InChI=1S/C13H20NO3P/c1-13(2,3)9-6-10(17-12(14)15)8-11(7-9)18(4,5)16/h6-8H,1-5H3,(H2,14,15). The lowest BCUT2D eigenvalue weighted by atomic mass is 9.87. The Morgan fingerprint density at radius 3 is 2.17 bits per heavy atom. The van der Waals surface area contributed by atoms with Crippen molar-refractivity contribution in [1.29, 1.82) is 0 Å². The molecule has 0 unspecified atom stereocenters. The Hall–Kier alpha value is -1.28. The second kappa shape index (κ2) is 4.77. The van der Waals surface area contributed by atoms with Gasteiger partial charge < -0.3 is 15.0 Å². The third kappa shape index (κ3) is 3.88. The SMILES string of the molecule is CC(C)(C)c1cc(OC(N)=O)cc(P(C)(C)=O)c1. The third-order valence-corrected chi connectivity index (χ3v) is 4.10. The summed E-state index contributed by atoms with van der Waals surface area (Å²) in [5, 5.41) is 0.686. The number of hydrogen-bond acceptors (Lipinski definition) is 3. The maximum absolute atomic E-state index is 12.2. The van der Waals surface area contributed by atoms with Crippen LogP contribution in [0.3, 0.4) is 0 Å². The monoisotopic (exact) mass is 269 g/mol. The van der Waals surface area contributed by atoms with E-state index in [1.807, 2.05) is 26.8 Å². The number of benzene rings is 1. The van der Waals surface area contributed by atoms with Crippen LogP contribution < -0.4 is 15.8 Å². The number of ether oxygens (including phenoxy) is 1. The van der Waals surface area contributed by atoms with Crippen molar-refractivity contribution in [2.24, 2.45) is 5.73 Å². The summed E-state index contributed by atoms with van der Waals surface area (Å²) in [6.45, 7) is 9.48. The third-order valence-electron chi connectivity index (χ3n) is 2.60. The van der Waals surface area contributed by atoms with Gasteiger partial charge in [-0.2, -0.15) is 0 Å². The Morgan fingerprint density at radius 1 is 1.22 bits per heavy atom. The van der Waals surface area contributed by atoms with Crippen LogP contribution in [0.25, 0.3) is 0 Å². The van der Waals surface area contributed by atoms with Crippen molar-refractivity contribution in [2.75, 3.05) is 13.3 Å². The number of hydrogen-bond donors (Lipinski definition) is 1. The first-order valence-corrected chi connectivity index (χ1v) is 8.28. The average Bonchev–Trinajstić information content (AvgIpc) is 2.13. The van der Waals surface area contributed by atoms with Crippen LogP contribution in [0.1, 0.15) is 26.3 Å². The van der Waals surface area contributed by atoms with Gasteiger partial charge in [-0.25, -0.2) is 4.79 Å². The zero-order valence-corrected chi connectivity index (χ0v) is 12.4. The lowest BCUT2D eigenvalue weighted by molar-refractivity contribution is 0.211. The van der Waals surface area contributed by atoms with Gasteiger partial charge in [0.2, 0.25) is 0 Å². The Morgan fingerprint density at radius 2 is 1.78 bits per heavy atom. The van der Waals surface area contributed by atoms with E-state index in [-0.39, 0.29) is 5.41 Å². The molecule has 0 saturated carbocycles. The smallest absolute Gasteiger partial charge is 0.409 e. The van der Waals surface area contributed by atoms with Gasteiger partial charge in [0.15, 0.2) is 0 Å². The van der Waals surface area contributed by atoms with Gasteiger partial charge in [-0.05, 0) is 42.5 Å². The molecular formula is C13H20NO3P. The van der Waals surface area contributed by atoms with Crippen molar-refractivity contribution in [1.82, 2.24) is 0 Å². The van der Waals surface area contributed by atoms with Crippen LogP contribution in [-0.4, -0.2) is 19.4 Å². The van der Waals surface area contributed by atoms with Gasteiger partial charge in [0.05, 0.1) is 0 Å². The fourth-order valence-corrected chi connectivity index (χ4v) is 2.39. The van der Waals surface area contributed by atoms with Crippen LogP contribution >= 0.6 is 7.14 Å². The number of nitrogens with two attached hydrogens (primary N) is 1. The summed E-state index contributed by atoms with van der Waals surface area (Å²) in [6, 6.07) is 5.26. The quantitative estimate of drug-likeness (QED) is 0.839. The summed E-state index contributed by atoms with van der Waals surface area (Å²) in [5.41, 5.74) is 5.85. The van der Waals surface area contributed by atoms with Crippen LogP contribution in [0.2, 0.25) is 0 Å². The van der Waals surface area contributed by atoms with Gasteiger partial charge in [0, 0.05) is 5.30 Å². The molecule has 0 bridgehead atoms. The van der Waals surface area contributed by atoms with Crippen molar-refractivity contribution in [3.63, 3.8) is 0 Å². The minimum absolute atomic E-state index is 0.124. The molecule has 0 radical (unpaired) electrons. The van der Waals surface area contributed by atoms with Crippen molar-refractivity contribution >= 4 is 18.5 Å². The van der Waals surface area contributed by atoms with E-state index < -0.39 is 13.2 Å². The molecule has 1 rings (SSSR count). The largest absolute Gasteiger partial charge is 0.410 e. The van der Waals surface area contributed by atoms with Gasteiger partial charge in [0.1, 0.15) is 12.9 Å². The predicted molar refractivity (Wildman–Crippen MR) is 74.4 cm³/mol. The van der Waals surface area contributed by atoms with E-state index in [1.54, 1.807) is 25.5 Å². The van der Waals surface area contributed by atoms with E-state index in [1.165, 1.54) is 0 Å². The van der Waals surface area contributed by atoms with Crippen LogP contribution in [0.5, 0.6) is 5.75 Å². The predicted octanol–water partition coefficient (Wildman–Crippen LogP) is 2.69. The summed E-state index contributed by atoms with van der Waals surface area (Å²) < 4.78 is 17.1. The molecular weight excluding hydrogens is 249 g/mol. The second-order valence-corrected chi connectivity index (χ2v) is 8.96. The Balaban J connectivity index is 3.38. The fraction of sp³-hybridized carbons (Fsp3) is 0.462. The van der Waals surface area contributed by atoms with E-state index in [0.717, 1.165) is 5.56 Å². The molecule has 0 atom stereocenters. The lowest BCUT2D eigenvalue weighted by Crippen LogP contribution is -2.20. The number of amides is 1. The van der Waals surface area contributed by atoms with E-state index in [9.17, 15) is 9.36 Å². The van der Waals surface area contributed by atoms with Crippen molar-refractivity contribution in [3.8, 4) is 5.75 Å². The molecule has 0 aliphatic heterocycles. The molecule has 1 amide bonds. The molecule has 0 aliphatic carbocycles. The zero-order chi connectivity index (χ0) is 14.1. The molecule has 5 heteroatoms. The first-order valence-electron chi connectivity index (χ1n) is 5.68. The number of primary amides is 1. The Labute approximate surface area is 108 Å². The fourth-order valence-electron chi connectivity index (χ4n) is 1.50. The second-order valence-electron chi connectivity index (χ2n) is 5.74. The highest BCUT2D eigenvalue weighted by Gasteiger charge is 2.20. The molecule has 0 saturated heterocycles. The van der Waals surface area contributed by atoms with Crippen molar-refractivity contribution in [3.05, 3.63) is 23.8 Å². The maximum Gasteiger partial charge on any atom is 0.409 e. The topological polar surface area (TPSA) is 69.4 Å². The van der Waals surface area contributed by atoms with Crippen LogP contribution in [0, 0.1) is 0 Å². The summed E-state index contributed by atoms with van der Waals surface area (Å²) in [7, 11) is -2.42. The van der Waals surface area contributed by atoms with E-state index in [4.69, 9.17) is 10.5 Å². The highest BCUT2D eigenvalue weighted by Crippen LogP contribution is 2.37. The highest BCUT2D eigenvalue weighted by molar-refractivity contribution is 7.70. The van der Waals surface area contributed by atoms with Gasteiger partial charge in [-0.1, -0.05) is 20.8 Å². The molecule has 1 aromatic carbocycles. The molecule has 0 heterocycles. The number of rotatable bonds is 2. The summed E-state index contributed by atoms with van der Waals surface area (Å²) in [6.07, 6.45) is -0.867. The molecule has 18 heavy (non-hydrogen) atoms. The molecule has 2 N–H and O–H groups in total. The first-order chi connectivity index (χ1) is 8.00. The highest BCUT2D eigenvalue weighted by atomic mass is 31.2. The van der Waals surface area contributed by atoms with Gasteiger partial charge >= 0.3 is 6.09 Å². The zero-order valence-electron chi connectivity index (χ0n) is 11.5. The first kappa shape index (κ1) is 14.8. The van der Waals surface area contributed by atoms with E-state index in [2.05, 4.69) is 0 Å². The van der Waals surface area contributed by atoms with Gasteiger partial charge in [0.25, 0.3) is 0 Å². The summed E-state index contributed by atoms with van der Waals surface area (Å²) in [4.78, 5) is 10.8. The Kier molecular flexibility index (Phi) is 3.92. The van der Waals surface area contributed by atoms with Gasteiger partial charge in [-0.3, -0.25) is 0 Å². The summed E-state index contributed by atoms with van der Waals surface area (Å²) >= 11 is 0. The Bertz CT molecular complexity index is 511. The molecule has 1 aromatic rings. The molecule has 0 aromatic heterocycles. The van der Waals surface area contributed by atoms with Crippen LogP contribution in [0.4, 0.5) is 4.79 Å². The average molecular weight is 269 g/mol. The minimum Gasteiger partial charge on any atom is -0.410 e. The van der Waals surface area contributed by atoms with E-state index >= 15 is 0 Å². The molecule has 4 nitrogen and oxygen atoms in total. The van der Waals surface area contributed by atoms with E-state index in [0.29, 0.717) is 11.1 Å². The molecule has 0 fully saturated rings. The maximum atomic E-state index is 12.2. The lowest BCUT2D eigenvalue weighted by Gasteiger charge is -2.22. The number of carbonyl (C=O) groups excluding carboxylic acids is 1. The van der Waals surface area contributed by atoms with Crippen LogP contribution in [-0.2, 0) is 9.98 Å². The van der Waals surface area contributed by atoms with Crippen molar-refractivity contribution < 1.29 is 14.1 Å². The van der Waals surface area contributed by atoms with Crippen LogP contribution in [0.15, 0.2) is 18.2 Å². The molecule has 0 spiro atoms. The summed E-state index contributed by atoms with van der Waals surface area (Å²) in [5.74, 6) is 0.342. The van der Waals surface area contributed by atoms with Gasteiger partial charge in [-0.15, -0.1) is 0 Å². The van der Waals surface area contributed by atoms with Crippen molar-refractivity contribution in [2.45, 2.75) is 26.2 Å². The molecule has 0 aliphatic rings. The normalized spacial score (nSPS) is 12.3. The minimum atomic E-state index is -2.42. The number of carbonyl (C=O) groups is 1. The molecule has 100 valence electrons.